The van der Waals surface area contributed by atoms with Crippen molar-refractivity contribution in [2.75, 3.05) is 13.2 Å². The third kappa shape index (κ3) is 2.85. The second-order valence-corrected chi connectivity index (χ2v) is 4.96. The van der Waals surface area contributed by atoms with Crippen LogP contribution in [0.4, 0.5) is 0 Å². The summed E-state index contributed by atoms with van der Waals surface area (Å²) in [6.07, 6.45) is 3.51. The molecule has 0 saturated carbocycles. The Labute approximate surface area is 117 Å². The first-order valence-corrected chi connectivity index (χ1v) is 6.79. The van der Waals surface area contributed by atoms with E-state index in [0.29, 0.717) is 31.0 Å². The Balaban J connectivity index is 2.16. The number of rotatable bonds is 5. The van der Waals surface area contributed by atoms with Crippen molar-refractivity contribution in [2.24, 2.45) is 0 Å². The first-order valence-electron chi connectivity index (χ1n) is 6.79. The standard InChI is InChI=1S/C14H19NO5/c1-2-3-11-10(4-7-20-11)12(16)15-14(13(17)18)5-8-19-9-6-14/h4,7H,2-3,5-6,8-9H2,1H3,(H,15,16)(H,17,18). The number of nitrogens with one attached hydrogen (secondary N) is 1. The third-order valence-corrected chi connectivity index (χ3v) is 3.58. The van der Waals surface area contributed by atoms with Crippen LogP contribution in [0.5, 0.6) is 0 Å². The van der Waals surface area contributed by atoms with Gasteiger partial charge >= 0.3 is 5.97 Å². The van der Waals surface area contributed by atoms with Crippen LogP contribution in [0.3, 0.4) is 0 Å². The normalized spacial score (nSPS) is 17.6. The van der Waals surface area contributed by atoms with Crippen LogP contribution in [-0.2, 0) is 16.0 Å². The van der Waals surface area contributed by atoms with E-state index in [4.69, 9.17) is 9.15 Å². The number of carboxylic acid groups (broad SMARTS) is 1. The van der Waals surface area contributed by atoms with Crippen LogP contribution in [0.25, 0.3) is 0 Å². The number of carbonyl (C=O) groups excluding carboxylic acids is 1. The number of hydrogen-bond donors (Lipinski definition) is 2. The van der Waals surface area contributed by atoms with Gasteiger partial charge in [0.1, 0.15) is 11.3 Å². The van der Waals surface area contributed by atoms with E-state index in [9.17, 15) is 14.7 Å². The van der Waals surface area contributed by atoms with Gasteiger partial charge in [0, 0.05) is 32.5 Å². The fraction of sp³-hybridized carbons (Fsp3) is 0.571. The fourth-order valence-electron chi connectivity index (χ4n) is 2.36. The van der Waals surface area contributed by atoms with Gasteiger partial charge in [-0.25, -0.2) is 4.79 Å². The molecule has 0 aliphatic carbocycles. The molecule has 0 unspecified atom stereocenters. The highest BCUT2D eigenvalue weighted by Gasteiger charge is 2.42. The summed E-state index contributed by atoms with van der Waals surface area (Å²) in [7, 11) is 0. The maximum Gasteiger partial charge on any atom is 0.329 e. The maximum absolute atomic E-state index is 12.3. The Morgan fingerprint density at radius 1 is 1.40 bits per heavy atom. The third-order valence-electron chi connectivity index (χ3n) is 3.58. The zero-order valence-electron chi connectivity index (χ0n) is 11.5. The van der Waals surface area contributed by atoms with Crippen molar-refractivity contribution < 1.29 is 23.8 Å². The average Bonchev–Trinajstić information content (AvgIpc) is 2.88. The Kier molecular flexibility index (Phi) is 4.44. The van der Waals surface area contributed by atoms with Crippen molar-refractivity contribution in [3.8, 4) is 0 Å². The molecule has 1 fully saturated rings. The molecule has 1 aliphatic rings. The summed E-state index contributed by atoms with van der Waals surface area (Å²) in [5, 5.41) is 12.1. The number of ether oxygens (including phenoxy) is 1. The van der Waals surface area contributed by atoms with E-state index in [1.54, 1.807) is 6.07 Å². The second-order valence-electron chi connectivity index (χ2n) is 4.96. The second kappa shape index (κ2) is 6.09. The lowest BCUT2D eigenvalue weighted by atomic mass is 9.89. The van der Waals surface area contributed by atoms with Crippen molar-refractivity contribution in [2.45, 2.75) is 38.1 Å². The molecular weight excluding hydrogens is 262 g/mol. The van der Waals surface area contributed by atoms with Gasteiger partial charge in [0.2, 0.25) is 0 Å². The molecule has 2 heterocycles. The summed E-state index contributed by atoms with van der Waals surface area (Å²) in [5.74, 6) is -0.821. The molecule has 1 aromatic rings. The van der Waals surface area contributed by atoms with Gasteiger partial charge in [-0.3, -0.25) is 4.79 Å². The Bertz CT molecular complexity index is 488. The lowest BCUT2D eigenvalue weighted by molar-refractivity contribution is -0.148. The van der Waals surface area contributed by atoms with Crippen LogP contribution in [0.15, 0.2) is 16.7 Å². The number of amides is 1. The Morgan fingerprint density at radius 3 is 2.70 bits per heavy atom. The average molecular weight is 281 g/mol. The molecule has 0 radical (unpaired) electrons. The maximum atomic E-state index is 12.3. The number of hydrogen-bond acceptors (Lipinski definition) is 4. The molecule has 2 rings (SSSR count). The summed E-state index contributed by atoms with van der Waals surface area (Å²) in [6, 6.07) is 1.58. The van der Waals surface area contributed by atoms with Gasteiger partial charge in [0.05, 0.1) is 11.8 Å². The monoisotopic (exact) mass is 281 g/mol. The van der Waals surface area contributed by atoms with Crippen LogP contribution in [-0.4, -0.2) is 35.7 Å². The van der Waals surface area contributed by atoms with E-state index in [0.717, 1.165) is 6.42 Å². The predicted molar refractivity (Wildman–Crippen MR) is 70.6 cm³/mol. The summed E-state index contributed by atoms with van der Waals surface area (Å²) in [6.45, 7) is 2.65. The van der Waals surface area contributed by atoms with Gasteiger partial charge in [-0.15, -0.1) is 0 Å². The zero-order chi connectivity index (χ0) is 14.6. The number of carbonyl (C=O) groups is 2. The van der Waals surface area contributed by atoms with Crippen molar-refractivity contribution in [3.63, 3.8) is 0 Å². The molecule has 0 bridgehead atoms. The minimum atomic E-state index is -1.24. The first kappa shape index (κ1) is 14.6. The van der Waals surface area contributed by atoms with E-state index in [-0.39, 0.29) is 12.8 Å². The molecule has 6 nitrogen and oxygen atoms in total. The number of aryl methyl sites for hydroxylation is 1. The topological polar surface area (TPSA) is 88.8 Å². The summed E-state index contributed by atoms with van der Waals surface area (Å²) < 4.78 is 10.5. The molecule has 1 aromatic heterocycles. The Morgan fingerprint density at radius 2 is 2.10 bits per heavy atom. The summed E-state index contributed by atoms with van der Waals surface area (Å²) >= 11 is 0. The largest absolute Gasteiger partial charge is 0.480 e. The van der Waals surface area contributed by atoms with Crippen LogP contribution in [0, 0.1) is 0 Å². The molecule has 0 atom stereocenters. The highest BCUT2D eigenvalue weighted by molar-refractivity contribution is 5.98. The van der Waals surface area contributed by atoms with Crippen LogP contribution in [0.2, 0.25) is 0 Å². The van der Waals surface area contributed by atoms with Crippen LogP contribution in [0.1, 0.15) is 42.3 Å². The lowest BCUT2D eigenvalue weighted by Gasteiger charge is -2.33. The fourth-order valence-corrected chi connectivity index (χ4v) is 2.36. The molecule has 20 heavy (non-hydrogen) atoms. The van der Waals surface area contributed by atoms with Gasteiger partial charge in [-0.05, 0) is 12.5 Å². The minimum Gasteiger partial charge on any atom is -0.480 e. The molecule has 2 N–H and O–H groups in total. The molecule has 110 valence electrons. The van der Waals surface area contributed by atoms with E-state index in [2.05, 4.69) is 5.32 Å². The predicted octanol–water partition coefficient (Wildman–Crippen LogP) is 1.60. The SMILES string of the molecule is CCCc1occc1C(=O)NC1(C(=O)O)CCOCC1. The molecule has 6 heteroatoms. The van der Waals surface area contributed by atoms with Gasteiger partial charge < -0.3 is 19.6 Å². The number of aliphatic carboxylic acids is 1. The first-order chi connectivity index (χ1) is 9.59. The van der Waals surface area contributed by atoms with Crippen LogP contribution < -0.4 is 5.32 Å². The molecule has 1 aliphatic heterocycles. The van der Waals surface area contributed by atoms with E-state index in [1.807, 2.05) is 6.92 Å². The van der Waals surface area contributed by atoms with E-state index >= 15 is 0 Å². The van der Waals surface area contributed by atoms with E-state index < -0.39 is 17.4 Å². The summed E-state index contributed by atoms with van der Waals surface area (Å²) in [4.78, 5) is 23.8. The number of furan rings is 1. The van der Waals surface area contributed by atoms with Crippen molar-refractivity contribution in [1.29, 1.82) is 0 Å². The smallest absolute Gasteiger partial charge is 0.329 e. The molecule has 0 aromatic carbocycles. The zero-order valence-corrected chi connectivity index (χ0v) is 11.5. The van der Waals surface area contributed by atoms with Crippen LogP contribution >= 0.6 is 0 Å². The van der Waals surface area contributed by atoms with Gasteiger partial charge in [0.25, 0.3) is 5.91 Å². The van der Waals surface area contributed by atoms with Gasteiger partial charge in [-0.1, -0.05) is 6.92 Å². The molecule has 0 spiro atoms. The molecule has 1 amide bonds. The van der Waals surface area contributed by atoms with Gasteiger partial charge in [0.15, 0.2) is 0 Å². The highest BCUT2D eigenvalue weighted by Crippen LogP contribution is 2.23. The quantitative estimate of drug-likeness (QED) is 0.855. The number of carboxylic acids is 1. The summed E-state index contributed by atoms with van der Waals surface area (Å²) in [5.41, 5.74) is -0.824. The lowest BCUT2D eigenvalue weighted by Crippen LogP contribution is -2.57. The molecule has 1 saturated heterocycles. The highest BCUT2D eigenvalue weighted by atomic mass is 16.5. The molecular formula is C14H19NO5. The van der Waals surface area contributed by atoms with Crippen molar-refractivity contribution >= 4 is 11.9 Å². The van der Waals surface area contributed by atoms with Gasteiger partial charge in [-0.2, -0.15) is 0 Å². The van der Waals surface area contributed by atoms with E-state index in [1.165, 1.54) is 6.26 Å². The van der Waals surface area contributed by atoms with Crippen molar-refractivity contribution in [3.05, 3.63) is 23.7 Å². The Hall–Kier alpha value is -1.82. The minimum absolute atomic E-state index is 0.273. The van der Waals surface area contributed by atoms with Crippen molar-refractivity contribution in [1.82, 2.24) is 5.32 Å².